The SMILES string of the molecule is CCC1CCC(N)C(c2ccc[nH]2)C1. The summed E-state index contributed by atoms with van der Waals surface area (Å²) in [5, 5.41) is 0. The van der Waals surface area contributed by atoms with Gasteiger partial charge in [-0.05, 0) is 37.3 Å². The molecule has 1 heterocycles. The summed E-state index contributed by atoms with van der Waals surface area (Å²) in [7, 11) is 0. The van der Waals surface area contributed by atoms with Gasteiger partial charge in [0.25, 0.3) is 0 Å². The normalized spacial score (nSPS) is 33.1. The smallest absolute Gasteiger partial charge is 0.0194 e. The summed E-state index contributed by atoms with van der Waals surface area (Å²) in [6, 6.07) is 4.59. The van der Waals surface area contributed by atoms with Gasteiger partial charge in [0, 0.05) is 23.9 Å². The summed E-state index contributed by atoms with van der Waals surface area (Å²) in [4.78, 5) is 3.30. The van der Waals surface area contributed by atoms with E-state index in [1.54, 1.807) is 0 Å². The maximum absolute atomic E-state index is 6.17. The lowest BCUT2D eigenvalue weighted by atomic mass is 9.76. The zero-order valence-corrected chi connectivity index (χ0v) is 8.87. The summed E-state index contributed by atoms with van der Waals surface area (Å²) in [5.41, 5.74) is 7.50. The molecule has 2 heteroatoms. The molecule has 3 unspecified atom stereocenters. The number of hydrogen-bond acceptors (Lipinski definition) is 1. The predicted molar refractivity (Wildman–Crippen MR) is 59.1 cm³/mol. The number of hydrogen-bond donors (Lipinski definition) is 2. The Balaban J connectivity index is 2.09. The van der Waals surface area contributed by atoms with Crippen molar-refractivity contribution < 1.29 is 0 Å². The first-order valence-corrected chi connectivity index (χ1v) is 5.70. The number of aromatic amines is 1. The standard InChI is InChI=1S/C12H20N2/c1-2-9-5-6-11(13)10(8-9)12-4-3-7-14-12/h3-4,7,9-11,14H,2,5-6,8,13H2,1H3. The Kier molecular flexibility index (Phi) is 2.92. The third-order valence-electron chi connectivity index (χ3n) is 3.61. The van der Waals surface area contributed by atoms with Gasteiger partial charge in [0.05, 0.1) is 0 Å². The van der Waals surface area contributed by atoms with Crippen molar-refractivity contribution in [2.75, 3.05) is 0 Å². The van der Waals surface area contributed by atoms with E-state index in [4.69, 9.17) is 5.73 Å². The minimum absolute atomic E-state index is 0.358. The van der Waals surface area contributed by atoms with Crippen LogP contribution in [0.3, 0.4) is 0 Å². The second kappa shape index (κ2) is 4.18. The lowest BCUT2D eigenvalue weighted by Gasteiger charge is -2.33. The second-order valence-corrected chi connectivity index (χ2v) is 4.48. The van der Waals surface area contributed by atoms with Crippen molar-refractivity contribution in [3.8, 4) is 0 Å². The Morgan fingerprint density at radius 2 is 2.36 bits per heavy atom. The molecule has 2 nitrogen and oxygen atoms in total. The van der Waals surface area contributed by atoms with Gasteiger partial charge < -0.3 is 10.7 Å². The third-order valence-corrected chi connectivity index (χ3v) is 3.61. The monoisotopic (exact) mass is 192 g/mol. The van der Waals surface area contributed by atoms with E-state index < -0.39 is 0 Å². The van der Waals surface area contributed by atoms with Gasteiger partial charge in [-0.1, -0.05) is 13.3 Å². The second-order valence-electron chi connectivity index (χ2n) is 4.48. The van der Waals surface area contributed by atoms with Crippen LogP contribution in [0.5, 0.6) is 0 Å². The van der Waals surface area contributed by atoms with Gasteiger partial charge in [0.15, 0.2) is 0 Å². The van der Waals surface area contributed by atoms with Crippen LogP contribution < -0.4 is 5.73 Å². The van der Waals surface area contributed by atoms with Gasteiger partial charge >= 0.3 is 0 Å². The zero-order valence-electron chi connectivity index (χ0n) is 8.87. The average Bonchev–Trinajstić information content (AvgIpc) is 2.71. The number of nitrogens with two attached hydrogens (primary N) is 1. The third kappa shape index (κ3) is 1.85. The number of rotatable bonds is 2. The van der Waals surface area contributed by atoms with E-state index >= 15 is 0 Å². The molecule has 0 aromatic carbocycles. The Bertz CT molecular complexity index is 266. The van der Waals surface area contributed by atoms with Gasteiger partial charge in [0.1, 0.15) is 0 Å². The summed E-state index contributed by atoms with van der Waals surface area (Å²) in [6.07, 6.45) is 7.05. The first-order chi connectivity index (χ1) is 6.81. The van der Waals surface area contributed by atoms with E-state index in [2.05, 4.69) is 24.0 Å². The Hall–Kier alpha value is -0.760. The van der Waals surface area contributed by atoms with Crippen LogP contribution in [0.25, 0.3) is 0 Å². The highest BCUT2D eigenvalue weighted by Crippen LogP contribution is 2.35. The van der Waals surface area contributed by atoms with Crippen LogP contribution in [-0.4, -0.2) is 11.0 Å². The van der Waals surface area contributed by atoms with Crippen LogP contribution in [0.15, 0.2) is 18.3 Å². The molecule has 1 aromatic rings. The molecule has 0 saturated heterocycles. The highest BCUT2D eigenvalue weighted by atomic mass is 14.7. The highest BCUT2D eigenvalue weighted by Gasteiger charge is 2.28. The quantitative estimate of drug-likeness (QED) is 0.743. The van der Waals surface area contributed by atoms with Gasteiger partial charge in [-0.3, -0.25) is 0 Å². The fraction of sp³-hybridized carbons (Fsp3) is 0.667. The Labute approximate surface area is 85.9 Å². The molecule has 14 heavy (non-hydrogen) atoms. The molecular weight excluding hydrogens is 172 g/mol. The van der Waals surface area contributed by atoms with Gasteiger partial charge in [-0.2, -0.15) is 0 Å². The summed E-state index contributed by atoms with van der Waals surface area (Å²) < 4.78 is 0. The molecule has 2 rings (SSSR count). The predicted octanol–water partition coefficient (Wildman–Crippen LogP) is 2.64. The minimum Gasteiger partial charge on any atom is -0.365 e. The van der Waals surface area contributed by atoms with Crippen LogP contribution in [0.2, 0.25) is 0 Å². The van der Waals surface area contributed by atoms with Crippen molar-refractivity contribution in [2.24, 2.45) is 11.7 Å². The van der Waals surface area contributed by atoms with Gasteiger partial charge in [0.2, 0.25) is 0 Å². The fourth-order valence-electron chi connectivity index (χ4n) is 2.58. The Morgan fingerprint density at radius 3 is 3.00 bits per heavy atom. The maximum Gasteiger partial charge on any atom is 0.0194 e. The molecule has 1 aromatic heterocycles. The molecule has 1 aliphatic carbocycles. The topological polar surface area (TPSA) is 41.8 Å². The Morgan fingerprint density at radius 1 is 1.50 bits per heavy atom. The number of aromatic nitrogens is 1. The van der Waals surface area contributed by atoms with Crippen molar-refractivity contribution >= 4 is 0 Å². The molecule has 0 bridgehead atoms. The summed E-state index contributed by atoms with van der Waals surface area (Å²) in [5.74, 6) is 1.44. The molecule has 0 radical (unpaired) electrons. The lowest BCUT2D eigenvalue weighted by molar-refractivity contribution is 0.279. The van der Waals surface area contributed by atoms with E-state index in [-0.39, 0.29) is 0 Å². The van der Waals surface area contributed by atoms with Crippen LogP contribution in [-0.2, 0) is 0 Å². The van der Waals surface area contributed by atoms with E-state index in [1.807, 2.05) is 6.20 Å². The summed E-state index contributed by atoms with van der Waals surface area (Å²) >= 11 is 0. The fourth-order valence-corrected chi connectivity index (χ4v) is 2.58. The molecule has 3 N–H and O–H groups in total. The lowest BCUT2D eigenvalue weighted by Crippen LogP contribution is -2.34. The highest BCUT2D eigenvalue weighted by molar-refractivity contribution is 5.13. The summed E-state index contributed by atoms with van der Waals surface area (Å²) in [6.45, 7) is 2.28. The molecule has 1 aliphatic rings. The molecule has 3 atom stereocenters. The maximum atomic E-state index is 6.17. The molecule has 1 fully saturated rings. The first kappa shape index (κ1) is 9.78. The van der Waals surface area contributed by atoms with Crippen molar-refractivity contribution in [1.82, 2.24) is 4.98 Å². The molecular formula is C12H20N2. The first-order valence-electron chi connectivity index (χ1n) is 5.70. The van der Waals surface area contributed by atoms with Crippen molar-refractivity contribution in [3.05, 3.63) is 24.0 Å². The van der Waals surface area contributed by atoms with Crippen molar-refractivity contribution in [1.29, 1.82) is 0 Å². The average molecular weight is 192 g/mol. The largest absolute Gasteiger partial charge is 0.365 e. The minimum atomic E-state index is 0.358. The van der Waals surface area contributed by atoms with Crippen LogP contribution in [0.4, 0.5) is 0 Å². The van der Waals surface area contributed by atoms with Crippen LogP contribution >= 0.6 is 0 Å². The van der Waals surface area contributed by atoms with Crippen LogP contribution in [0.1, 0.15) is 44.2 Å². The number of nitrogens with one attached hydrogen (secondary N) is 1. The zero-order chi connectivity index (χ0) is 9.97. The van der Waals surface area contributed by atoms with Crippen molar-refractivity contribution in [3.63, 3.8) is 0 Å². The molecule has 0 aliphatic heterocycles. The van der Waals surface area contributed by atoms with E-state index in [9.17, 15) is 0 Å². The molecule has 78 valence electrons. The molecule has 0 spiro atoms. The van der Waals surface area contributed by atoms with E-state index in [1.165, 1.54) is 31.4 Å². The molecule has 0 amide bonds. The number of H-pyrrole nitrogens is 1. The van der Waals surface area contributed by atoms with E-state index in [0.717, 1.165) is 5.92 Å². The van der Waals surface area contributed by atoms with Crippen molar-refractivity contribution in [2.45, 2.75) is 44.6 Å². The molecule has 1 saturated carbocycles. The van der Waals surface area contributed by atoms with Crippen LogP contribution in [0, 0.1) is 5.92 Å². The van der Waals surface area contributed by atoms with Gasteiger partial charge in [-0.25, -0.2) is 0 Å². The van der Waals surface area contributed by atoms with Gasteiger partial charge in [-0.15, -0.1) is 0 Å². The van der Waals surface area contributed by atoms with E-state index in [0.29, 0.717) is 12.0 Å².